The molecule has 0 aliphatic heterocycles. The van der Waals surface area contributed by atoms with Crippen LogP contribution in [0.25, 0.3) is 0 Å². The van der Waals surface area contributed by atoms with Crippen molar-refractivity contribution in [2.24, 2.45) is 0 Å². The molecule has 1 N–H and O–H groups in total. The number of aryl methyl sites for hydroxylation is 1. The zero-order valence-electron chi connectivity index (χ0n) is 16.7. The van der Waals surface area contributed by atoms with Crippen LogP contribution < -0.4 is 14.8 Å². The Morgan fingerprint density at radius 1 is 0.931 bits per heavy atom. The zero-order valence-corrected chi connectivity index (χ0v) is 16.7. The van der Waals surface area contributed by atoms with Gasteiger partial charge >= 0.3 is 0 Å². The summed E-state index contributed by atoms with van der Waals surface area (Å²) in [6.45, 7) is 3.78. The van der Waals surface area contributed by atoms with Crippen molar-refractivity contribution in [2.45, 2.75) is 20.5 Å². The fourth-order valence-corrected chi connectivity index (χ4v) is 2.85. The molecule has 0 bridgehead atoms. The van der Waals surface area contributed by atoms with Gasteiger partial charge in [0.1, 0.15) is 18.1 Å². The Hall–Kier alpha value is -3.60. The predicted molar refractivity (Wildman–Crippen MR) is 113 cm³/mol. The maximum absolute atomic E-state index is 12.7. The highest BCUT2D eigenvalue weighted by molar-refractivity contribution is 6.05. The number of Topliss-reactive ketones (excluding diaryl/α,β-unsaturated/α-hetero) is 1. The summed E-state index contributed by atoms with van der Waals surface area (Å²) < 4.78 is 11.2. The normalized spacial score (nSPS) is 10.3. The van der Waals surface area contributed by atoms with Crippen LogP contribution >= 0.6 is 0 Å². The Morgan fingerprint density at radius 3 is 2.38 bits per heavy atom. The van der Waals surface area contributed by atoms with Gasteiger partial charge in [-0.05, 0) is 56.3 Å². The number of amides is 1. The number of carbonyl (C=O) groups excluding carboxylic acids is 2. The largest absolute Gasteiger partial charge is 0.496 e. The van der Waals surface area contributed by atoms with E-state index in [2.05, 4.69) is 5.32 Å². The molecular weight excluding hydrogens is 366 g/mol. The predicted octanol–water partition coefficient (Wildman–Crippen LogP) is 5.04. The van der Waals surface area contributed by atoms with Crippen LogP contribution in [0, 0.1) is 6.92 Å². The second-order valence-corrected chi connectivity index (χ2v) is 6.72. The number of ketones is 1. The van der Waals surface area contributed by atoms with Gasteiger partial charge in [-0.3, -0.25) is 9.59 Å². The molecule has 0 radical (unpaired) electrons. The van der Waals surface area contributed by atoms with Crippen molar-refractivity contribution in [1.29, 1.82) is 0 Å². The van der Waals surface area contributed by atoms with Gasteiger partial charge in [0.05, 0.1) is 7.11 Å². The van der Waals surface area contributed by atoms with Gasteiger partial charge < -0.3 is 14.8 Å². The number of rotatable bonds is 7. The van der Waals surface area contributed by atoms with Crippen LogP contribution in [0.2, 0.25) is 0 Å². The van der Waals surface area contributed by atoms with Gasteiger partial charge in [-0.15, -0.1) is 0 Å². The van der Waals surface area contributed by atoms with E-state index < -0.39 is 0 Å². The molecule has 5 heteroatoms. The summed E-state index contributed by atoms with van der Waals surface area (Å²) in [6, 6.07) is 19.8. The van der Waals surface area contributed by atoms with E-state index >= 15 is 0 Å². The van der Waals surface area contributed by atoms with Gasteiger partial charge in [0, 0.05) is 22.4 Å². The summed E-state index contributed by atoms with van der Waals surface area (Å²) in [4.78, 5) is 24.2. The lowest BCUT2D eigenvalue weighted by atomic mass is 10.1. The summed E-state index contributed by atoms with van der Waals surface area (Å²) in [6.07, 6.45) is 0. The van der Waals surface area contributed by atoms with Gasteiger partial charge in [0.15, 0.2) is 5.78 Å². The summed E-state index contributed by atoms with van der Waals surface area (Å²) in [5.41, 5.74) is 3.50. The van der Waals surface area contributed by atoms with Crippen molar-refractivity contribution in [2.75, 3.05) is 12.4 Å². The van der Waals surface area contributed by atoms with Crippen LogP contribution in [-0.2, 0) is 6.61 Å². The molecule has 0 aliphatic rings. The van der Waals surface area contributed by atoms with Crippen molar-refractivity contribution < 1.29 is 19.1 Å². The van der Waals surface area contributed by atoms with Gasteiger partial charge in [-0.1, -0.05) is 29.8 Å². The third-order valence-electron chi connectivity index (χ3n) is 4.48. The summed E-state index contributed by atoms with van der Waals surface area (Å²) in [7, 11) is 1.58. The highest BCUT2D eigenvalue weighted by Gasteiger charge is 2.12. The summed E-state index contributed by atoms with van der Waals surface area (Å²) in [5.74, 6) is 1.06. The van der Waals surface area contributed by atoms with E-state index in [-0.39, 0.29) is 18.3 Å². The Balaban J connectivity index is 1.76. The molecule has 3 aromatic carbocycles. The first kappa shape index (κ1) is 20.1. The molecule has 0 aliphatic carbocycles. The van der Waals surface area contributed by atoms with Crippen LogP contribution in [0.3, 0.4) is 0 Å². The van der Waals surface area contributed by atoms with Gasteiger partial charge in [0.25, 0.3) is 5.91 Å². The number of nitrogens with one attached hydrogen (secondary N) is 1. The third kappa shape index (κ3) is 5.23. The monoisotopic (exact) mass is 389 g/mol. The summed E-state index contributed by atoms with van der Waals surface area (Å²) >= 11 is 0. The zero-order chi connectivity index (χ0) is 20.8. The number of anilines is 1. The number of carbonyl (C=O) groups is 2. The first-order valence-corrected chi connectivity index (χ1v) is 9.25. The van der Waals surface area contributed by atoms with Crippen LogP contribution in [0.4, 0.5) is 5.69 Å². The molecule has 1 amide bonds. The van der Waals surface area contributed by atoms with E-state index in [1.807, 2.05) is 31.2 Å². The van der Waals surface area contributed by atoms with E-state index in [1.54, 1.807) is 49.6 Å². The molecule has 29 heavy (non-hydrogen) atoms. The lowest BCUT2D eigenvalue weighted by Crippen LogP contribution is -2.13. The topological polar surface area (TPSA) is 64.6 Å². The first-order valence-electron chi connectivity index (χ1n) is 9.25. The standard InChI is InChI=1S/C24H23NO4/c1-16-7-10-22(11-8-16)29-15-20-13-19(9-12-23(20)28-3)24(27)25-21-6-4-5-18(14-21)17(2)26/h4-14H,15H2,1-3H3,(H,25,27). The molecule has 0 atom stereocenters. The van der Waals surface area contributed by atoms with E-state index in [0.29, 0.717) is 22.6 Å². The number of benzene rings is 3. The molecule has 148 valence electrons. The van der Waals surface area contributed by atoms with Crippen molar-refractivity contribution >= 4 is 17.4 Å². The quantitative estimate of drug-likeness (QED) is 0.575. The van der Waals surface area contributed by atoms with E-state index in [4.69, 9.17) is 9.47 Å². The van der Waals surface area contributed by atoms with Gasteiger partial charge in [-0.2, -0.15) is 0 Å². The van der Waals surface area contributed by atoms with Gasteiger partial charge in [0.2, 0.25) is 0 Å². The maximum atomic E-state index is 12.7. The molecule has 0 saturated heterocycles. The third-order valence-corrected chi connectivity index (χ3v) is 4.48. The average molecular weight is 389 g/mol. The second kappa shape index (κ2) is 9.06. The van der Waals surface area contributed by atoms with Crippen molar-refractivity contribution in [3.63, 3.8) is 0 Å². The Bertz CT molecular complexity index is 1030. The van der Waals surface area contributed by atoms with Crippen LogP contribution in [-0.4, -0.2) is 18.8 Å². The minimum absolute atomic E-state index is 0.0545. The Kier molecular flexibility index (Phi) is 6.29. The van der Waals surface area contributed by atoms with Gasteiger partial charge in [-0.25, -0.2) is 0 Å². The number of methoxy groups -OCH3 is 1. The molecule has 5 nitrogen and oxygen atoms in total. The summed E-state index contributed by atoms with van der Waals surface area (Å²) in [5, 5.41) is 2.83. The minimum Gasteiger partial charge on any atom is -0.496 e. The smallest absolute Gasteiger partial charge is 0.255 e. The van der Waals surface area contributed by atoms with Crippen molar-refractivity contribution in [3.8, 4) is 11.5 Å². The Labute approximate surface area is 170 Å². The molecule has 0 unspecified atom stereocenters. The fourth-order valence-electron chi connectivity index (χ4n) is 2.85. The maximum Gasteiger partial charge on any atom is 0.255 e. The molecule has 0 heterocycles. The van der Waals surface area contributed by atoms with E-state index in [9.17, 15) is 9.59 Å². The lowest BCUT2D eigenvalue weighted by molar-refractivity contribution is 0.101. The number of hydrogen-bond acceptors (Lipinski definition) is 4. The number of hydrogen-bond donors (Lipinski definition) is 1. The highest BCUT2D eigenvalue weighted by Crippen LogP contribution is 2.23. The second-order valence-electron chi connectivity index (χ2n) is 6.72. The molecule has 0 aromatic heterocycles. The molecule has 0 fully saturated rings. The van der Waals surface area contributed by atoms with E-state index in [0.717, 1.165) is 16.9 Å². The van der Waals surface area contributed by atoms with Crippen molar-refractivity contribution in [1.82, 2.24) is 0 Å². The SMILES string of the molecule is COc1ccc(C(=O)Nc2cccc(C(C)=O)c2)cc1COc1ccc(C)cc1. The lowest BCUT2D eigenvalue weighted by Gasteiger charge is -2.13. The Morgan fingerprint density at radius 2 is 1.69 bits per heavy atom. The average Bonchev–Trinajstić information content (AvgIpc) is 2.73. The minimum atomic E-state index is -0.273. The first-order chi connectivity index (χ1) is 14.0. The fraction of sp³-hybridized carbons (Fsp3) is 0.167. The van der Waals surface area contributed by atoms with Crippen LogP contribution in [0.1, 0.15) is 38.8 Å². The molecular formula is C24H23NO4. The molecule has 3 aromatic rings. The van der Waals surface area contributed by atoms with Crippen molar-refractivity contribution in [3.05, 3.63) is 89.0 Å². The highest BCUT2D eigenvalue weighted by atomic mass is 16.5. The molecule has 3 rings (SSSR count). The van der Waals surface area contributed by atoms with E-state index in [1.165, 1.54) is 6.92 Å². The number of ether oxygens (including phenoxy) is 2. The van der Waals surface area contributed by atoms with Crippen LogP contribution in [0.15, 0.2) is 66.7 Å². The molecule has 0 spiro atoms. The molecule has 0 saturated carbocycles. The van der Waals surface area contributed by atoms with Crippen LogP contribution in [0.5, 0.6) is 11.5 Å².